The zero-order valence-electron chi connectivity index (χ0n) is 11.6. The van der Waals surface area contributed by atoms with Crippen LogP contribution in [0.15, 0.2) is 18.2 Å². The minimum absolute atomic E-state index is 0.0461. The molecule has 0 radical (unpaired) electrons. The van der Waals surface area contributed by atoms with E-state index in [-0.39, 0.29) is 18.9 Å². The third-order valence-electron chi connectivity index (χ3n) is 3.29. The number of hydrogen-bond donors (Lipinski definition) is 1. The van der Waals surface area contributed by atoms with Crippen molar-refractivity contribution in [1.82, 2.24) is 10.2 Å². The van der Waals surface area contributed by atoms with Gasteiger partial charge in [0.15, 0.2) is 11.5 Å². The molecule has 0 saturated heterocycles. The van der Waals surface area contributed by atoms with Crippen LogP contribution < -0.4 is 14.8 Å². The molecule has 5 heteroatoms. The molecule has 19 heavy (non-hydrogen) atoms. The van der Waals surface area contributed by atoms with Gasteiger partial charge >= 0.3 is 6.03 Å². The fourth-order valence-electron chi connectivity index (χ4n) is 2.05. The third kappa shape index (κ3) is 2.92. The van der Waals surface area contributed by atoms with Crippen LogP contribution in [-0.4, -0.2) is 30.8 Å². The summed E-state index contributed by atoms with van der Waals surface area (Å²) >= 11 is 0. The molecule has 1 aliphatic heterocycles. The second-order valence-electron chi connectivity index (χ2n) is 4.46. The van der Waals surface area contributed by atoms with Crippen LogP contribution in [0.1, 0.15) is 32.4 Å². The Hall–Kier alpha value is -1.91. The maximum Gasteiger partial charge on any atom is 0.317 e. The fourth-order valence-corrected chi connectivity index (χ4v) is 2.05. The number of nitrogens with zero attached hydrogens (tertiary/aromatic N) is 1. The van der Waals surface area contributed by atoms with E-state index in [4.69, 9.17) is 9.47 Å². The van der Waals surface area contributed by atoms with Gasteiger partial charge in [-0.3, -0.25) is 0 Å². The maximum atomic E-state index is 12.0. The number of hydrogen-bond acceptors (Lipinski definition) is 3. The van der Waals surface area contributed by atoms with Crippen LogP contribution >= 0.6 is 0 Å². The molecule has 1 aromatic carbocycles. The number of ether oxygens (including phenoxy) is 2. The van der Waals surface area contributed by atoms with Crippen LogP contribution in [0, 0.1) is 0 Å². The molecular formula is C14H20N2O3. The number of rotatable bonds is 4. The van der Waals surface area contributed by atoms with E-state index in [0.29, 0.717) is 13.1 Å². The summed E-state index contributed by atoms with van der Waals surface area (Å²) < 4.78 is 10.6. The van der Waals surface area contributed by atoms with Gasteiger partial charge in [0.05, 0.1) is 6.04 Å². The molecule has 0 saturated carbocycles. The highest BCUT2D eigenvalue weighted by Gasteiger charge is 2.18. The highest BCUT2D eigenvalue weighted by atomic mass is 16.7. The minimum Gasteiger partial charge on any atom is -0.454 e. The van der Waals surface area contributed by atoms with E-state index in [1.165, 1.54) is 0 Å². The van der Waals surface area contributed by atoms with Gasteiger partial charge in [0.25, 0.3) is 0 Å². The van der Waals surface area contributed by atoms with Gasteiger partial charge in [0.1, 0.15) is 0 Å². The lowest BCUT2D eigenvalue weighted by Gasteiger charge is -2.22. The molecule has 2 amide bonds. The average molecular weight is 264 g/mol. The Bertz CT molecular complexity index is 458. The third-order valence-corrected chi connectivity index (χ3v) is 3.29. The van der Waals surface area contributed by atoms with Crippen LogP contribution in [0.4, 0.5) is 4.79 Å². The average Bonchev–Trinajstić information content (AvgIpc) is 2.87. The first-order valence-corrected chi connectivity index (χ1v) is 6.60. The van der Waals surface area contributed by atoms with E-state index < -0.39 is 0 Å². The first-order valence-electron chi connectivity index (χ1n) is 6.60. The Morgan fingerprint density at radius 3 is 2.68 bits per heavy atom. The van der Waals surface area contributed by atoms with Crippen molar-refractivity contribution in [3.8, 4) is 11.5 Å². The molecule has 0 spiro atoms. The molecular weight excluding hydrogens is 244 g/mol. The molecule has 1 aromatic rings. The first kappa shape index (κ1) is 13.5. The summed E-state index contributed by atoms with van der Waals surface area (Å²) in [6.45, 7) is 7.56. The van der Waals surface area contributed by atoms with E-state index in [1.54, 1.807) is 4.90 Å². The van der Waals surface area contributed by atoms with Gasteiger partial charge in [0, 0.05) is 13.1 Å². The Morgan fingerprint density at radius 1 is 1.32 bits per heavy atom. The summed E-state index contributed by atoms with van der Waals surface area (Å²) in [5.74, 6) is 1.49. The van der Waals surface area contributed by atoms with E-state index >= 15 is 0 Å². The number of carbonyl (C=O) groups is 1. The monoisotopic (exact) mass is 264 g/mol. The molecule has 0 unspecified atom stereocenters. The minimum atomic E-state index is -0.0670. The van der Waals surface area contributed by atoms with Crippen molar-refractivity contribution in [2.45, 2.75) is 26.8 Å². The van der Waals surface area contributed by atoms with Crippen LogP contribution in [-0.2, 0) is 0 Å². The van der Waals surface area contributed by atoms with E-state index in [2.05, 4.69) is 5.32 Å². The molecule has 0 fully saturated rings. The number of amides is 2. The lowest BCUT2D eigenvalue weighted by Crippen LogP contribution is -2.40. The topological polar surface area (TPSA) is 50.8 Å². The second kappa shape index (κ2) is 5.82. The quantitative estimate of drug-likeness (QED) is 0.909. The van der Waals surface area contributed by atoms with Crippen molar-refractivity contribution < 1.29 is 14.3 Å². The zero-order chi connectivity index (χ0) is 13.8. The molecule has 5 nitrogen and oxygen atoms in total. The van der Waals surface area contributed by atoms with E-state index in [9.17, 15) is 4.79 Å². The van der Waals surface area contributed by atoms with Crippen molar-refractivity contribution in [3.05, 3.63) is 23.8 Å². The van der Waals surface area contributed by atoms with Gasteiger partial charge in [-0.15, -0.1) is 0 Å². The van der Waals surface area contributed by atoms with Crippen LogP contribution in [0.25, 0.3) is 0 Å². The SMILES string of the molecule is CCN(CC)C(=O)N[C@@H](C)c1ccc2c(c1)OCO2. The van der Waals surface area contributed by atoms with Crippen LogP contribution in [0.5, 0.6) is 11.5 Å². The smallest absolute Gasteiger partial charge is 0.317 e. The molecule has 104 valence electrons. The van der Waals surface area contributed by atoms with Crippen LogP contribution in [0.2, 0.25) is 0 Å². The van der Waals surface area contributed by atoms with Crippen molar-refractivity contribution >= 4 is 6.03 Å². The van der Waals surface area contributed by atoms with E-state index in [0.717, 1.165) is 17.1 Å². The first-order chi connectivity index (χ1) is 9.15. The molecule has 2 rings (SSSR count). The molecule has 0 bridgehead atoms. The Labute approximate surface area is 113 Å². The molecule has 1 N–H and O–H groups in total. The largest absolute Gasteiger partial charge is 0.454 e. The van der Waals surface area contributed by atoms with Gasteiger partial charge in [0.2, 0.25) is 6.79 Å². The predicted molar refractivity (Wildman–Crippen MR) is 72.4 cm³/mol. The van der Waals surface area contributed by atoms with Gasteiger partial charge in [-0.05, 0) is 38.5 Å². The van der Waals surface area contributed by atoms with Crippen molar-refractivity contribution in [2.24, 2.45) is 0 Å². The van der Waals surface area contributed by atoms with Crippen molar-refractivity contribution in [3.63, 3.8) is 0 Å². The van der Waals surface area contributed by atoms with Crippen molar-refractivity contribution in [1.29, 1.82) is 0 Å². The van der Waals surface area contributed by atoms with Crippen molar-refractivity contribution in [2.75, 3.05) is 19.9 Å². The highest BCUT2D eigenvalue weighted by molar-refractivity contribution is 5.74. The molecule has 0 aliphatic carbocycles. The summed E-state index contributed by atoms with van der Waals surface area (Å²) in [6.07, 6.45) is 0. The predicted octanol–water partition coefficient (Wildman–Crippen LogP) is 2.53. The lowest BCUT2D eigenvalue weighted by molar-refractivity contribution is 0.174. The molecule has 0 aromatic heterocycles. The normalized spacial score (nSPS) is 14.1. The summed E-state index contributed by atoms with van der Waals surface area (Å²) in [4.78, 5) is 13.7. The molecule has 1 heterocycles. The van der Waals surface area contributed by atoms with E-state index in [1.807, 2.05) is 39.0 Å². The zero-order valence-corrected chi connectivity index (χ0v) is 11.6. The number of carbonyl (C=O) groups excluding carboxylic acids is 1. The van der Waals surface area contributed by atoms with Gasteiger partial charge < -0.3 is 19.7 Å². The second-order valence-corrected chi connectivity index (χ2v) is 4.46. The standard InChI is InChI=1S/C14H20N2O3/c1-4-16(5-2)14(17)15-10(3)11-6-7-12-13(8-11)19-9-18-12/h6-8,10H,4-5,9H2,1-3H3,(H,15,17)/t10-/m0/s1. The number of urea groups is 1. The number of fused-ring (bicyclic) bond motifs is 1. The summed E-state index contributed by atoms with van der Waals surface area (Å²) in [5.41, 5.74) is 1.00. The fraction of sp³-hybridized carbons (Fsp3) is 0.500. The molecule has 1 atom stereocenters. The van der Waals surface area contributed by atoms with Gasteiger partial charge in [-0.2, -0.15) is 0 Å². The molecule has 1 aliphatic rings. The van der Waals surface area contributed by atoms with Gasteiger partial charge in [-0.25, -0.2) is 4.79 Å². The van der Waals surface area contributed by atoms with Crippen LogP contribution in [0.3, 0.4) is 0 Å². The Kier molecular flexibility index (Phi) is 4.14. The Morgan fingerprint density at radius 2 is 2.00 bits per heavy atom. The Balaban J connectivity index is 2.03. The summed E-state index contributed by atoms with van der Waals surface area (Å²) in [7, 11) is 0. The maximum absolute atomic E-state index is 12.0. The number of benzene rings is 1. The lowest BCUT2D eigenvalue weighted by atomic mass is 10.1. The highest BCUT2D eigenvalue weighted by Crippen LogP contribution is 2.34. The van der Waals surface area contributed by atoms with Gasteiger partial charge in [-0.1, -0.05) is 6.07 Å². The number of nitrogens with one attached hydrogen (secondary N) is 1. The summed E-state index contributed by atoms with van der Waals surface area (Å²) in [5, 5.41) is 2.98. The summed E-state index contributed by atoms with van der Waals surface area (Å²) in [6, 6.07) is 5.62.